The van der Waals surface area contributed by atoms with Gasteiger partial charge in [-0.25, -0.2) is 0 Å². The average molecular weight is 218 g/mol. The quantitative estimate of drug-likeness (QED) is 0.713. The van der Waals surface area contributed by atoms with Crippen molar-refractivity contribution in [3.63, 3.8) is 0 Å². The molecule has 0 saturated carbocycles. The highest BCUT2D eigenvalue weighted by Crippen LogP contribution is 2.32. The second kappa shape index (κ2) is 5.59. The number of benzene rings is 1. The first-order valence-corrected chi connectivity index (χ1v) is 5.99. The van der Waals surface area contributed by atoms with E-state index in [0.717, 1.165) is 23.7 Å². The largest absolute Gasteiger partial charge is 0.482 e. The van der Waals surface area contributed by atoms with E-state index < -0.39 is 0 Å². The van der Waals surface area contributed by atoms with Crippen LogP contribution in [0.1, 0.15) is 32.6 Å². The van der Waals surface area contributed by atoms with E-state index in [1.54, 1.807) is 0 Å². The maximum atomic E-state index is 5.75. The third-order valence-corrected chi connectivity index (χ3v) is 2.64. The monoisotopic (exact) mass is 218 g/mol. The molecule has 0 aliphatic carbocycles. The first-order chi connectivity index (χ1) is 7.90. The van der Waals surface area contributed by atoms with Crippen LogP contribution in [0.4, 0.5) is 0 Å². The molecule has 0 atom stereocenters. The number of hydrogen-bond acceptors (Lipinski definition) is 2. The SMILES string of the molecule is CCCCC/C=C1/COc2ccccc2O1. The first kappa shape index (κ1) is 11.1. The molecule has 16 heavy (non-hydrogen) atoms. The van der Waals surface area contributed by atoms with Crippen molar-refractivity contribution in [2.24, 2.45) is 0 Å². The fourth-order valence-electron chi connectivity index (χ4n) is 1.73. The van der Waals surface area contributed by atoms with E-state index >= 15 is 0 Å². The van der Waals surface area contributed by atoms with Crippen molar-refractivity contribution in [2.45, 2.75) is 32.6 Å². The van der Waals surface area contributed by atoms with E-state index in [0.29, 0.717) is 6.61 Å². The van der Waals surface area contributed by atoms with Gasteiger partial charge in [-0.15, -0.1) is 0 Å². The van der Waals surface area contributed by atoms with Crippen LogP contribution in [0.5, 0.6) is 11.5 Å². The fourth-order valence-corrected chi connectivity index (χ4v) is 1.73. The van der Waals surface area contributed by atoms with Crippen molar-refractivity contribution in [1.29, 1.82) is 0 Å². The number of fused-ring (bicyclic) bond motifs is 1. The van der Waals surface area contributed by atoms with Crippen LogP contribution in [0.2, 0.25) is 0 Å². The van der Waals surface area contributed by atoms with Crippen molar-refractivity contribution >= 4 is 0 Å². The molecule has 2 rings (SSSR count). The molecular formula is C14H18O2. The van der Waals surface area contributed by atoms with Gasteiger partial charge in [0.2, 0.25) is 0 Å². The van der Waals surface area contributed by atoms with E-state index in [1.807, 2.05) is 24.3 Å². The molecule has 2 heteroatoms. The maximum Gasteiger partial charge on any atom is 0.168 e. The lowest BCUT2D eigenvalue weighted by atomic mass is 10.2. The van der Waals surface area contributed by atoms with Gasteiger partial charge in [-0.1, -0.05) is 31.9 Å². The Hall–Kier alpha value is -1.44. The topological polar surface area (TPSA) is 18.5 Å². The summed E-state index contributed by atoms with van der Waals surface area (Å²) < 4.78 is 11.3. The Kier molecular flexibility index (Phi) is 3.86. The van der Waals surface area contributed by atoms with E-state index in [-0.39, 0.29) is 0 Å². The normalized spacial score (nSPS) is 16.4. The highest BCUT2D eigenvalue weighted by atomic mass is 16.6. The predicted molar refractivity (Wildman–Crippen MR) is 64.8 cm³/mol. The average Bonchev–Trinajstić information content (AvgIpc) is 2.34. The van der Waals surface area contributed by atoms with Gasteiger partial charge in [0.25, 0.3) is 0 Å². The summed E-state index contributed by atoms with van der Waals surface area (Å²) in [6, 6.07) is 7.79. The standard InChI is InChI=1S/C14H18O2/c1-2-3-4-5-8-12-11-15-13-9-6-7-10-14(13)16-12/h6-10H,2-5,11H2,1H3/b12-8-. The molecule has 0 amide bonds. The van der Waals surface area contributed by atoms with Gasteiger partial charge in [0.1, 0.15) is 12.4 Å². The number of rotatable bonds is 4. The summed E-state index contributed by atoms with van der Waals surface area (Å²) in [4.78, 5) is 0. The molecule has 1 aromatic rings. The third-order valence-electron chi connectivity index (χ3n) is 2.64. The van der Waals surface area contributed by atoms with E-state index in [1.165, 1.54) is 19.3 Å². The minimum Gasteiger partial charge on any atom is -0.482 e. The number of hydrogen-bond donors (Lipinski definition) is 0. The summed E-state index contributed by atoms with van der Waals surface area (Å²) in [6.07, 6.45) is 6.98. The molecule has 86 valence electrons. The van der Waals surface area contributed by atoms with Gasteiger partial charge in [-0.05, 0) is 31.1 Å². The van der Waals surface area contributed by atoms with E-state index in [2.05, 4.69) is 13.0 Å². The molecule has 1 heterocycles. The Balaban J connectivity index is 1.92. The smallest absolute Gasteiger partial charge is 0.168 e. The molecule has 2 nitrogen and oxygen atoms in total. The third kappa shape index (κ3) is 2.78. The van der Waals surface area contributed by atoms with Crippen LogP contribution in [-0.4, -0.2) is 6.61 Å². The molecule has 0 radical (unpaired) electrons. The van der Waals surface area contributed by atoms with Crippen LogP contribution in [0.15, 0.2) is 36.1 Å². The Morgan fingerprint density at radius 3 is 2.81 bits per heavy atom. The van der Waals surface area contributed by atoms with Gasteiger partial charge in [0, 0.05) is 0 Å². The molecule has 0 saturated heterocycles. The zero-order valence-corrected chi connectivity index (χ0v) is 9.74. The summed E-state index contributed by atoms with van der Waals surface area (Å²) in [6.45, 7) is 2.77. The minimum absolute atomic E-state index is 0.559. The molecule has 1 aliphatic heterocycles. The van der Waals surface area contributed by atoms with Crippen LogP contribution < -0.4 is 9.47 Å². The first-order valence-electron chi connectivity index (χ1n) is 5.99. The summed E-state index contributed by atoms with van der Waals surface area (Å²) >= 11 is 0. The van der Waals surface area contributed by atoms with Crippen LogP contribution in [0, 0.1) is 0 Å². The van der Waals surface area contributed by atoms with Crippen molar-refractivity contribution in [3.8, 4) is 11.5 Å². The molecule has 0 spiro atoms. The molecule has 1 aliphatic rings. The molecular weight excluding hydrogens is 200 g/mol. The second-order valence-electron chi connectivity index (χ2n) is 4.00. The summed E-state index contributed by atoms with van der Waals surface area (Å²) in [5.41, 5.74) is 0. The van der Waals surface area contributed by atoms with Gasteiger partial charge in [0.15, 0.2) is 11.5 Å². The molecule has 0 unspecified atom stereocenters. The van der Waals surface area contributed by atoms with Crippen LogP contribution in [0.3, 0.4) is 0 Å². The zero-order chi connectivity index (χ0) is 11.2. The van der Waals surface area contributed by atoms with Crippen LogP contribution >= 0.6 is 0 Å². The molecule has 1 aromatic carbocycles. The number of para-hydroxylation sites is 2. The second-order valence-corrected chi connectivity index (χ2v) is 4.00. The summed E-state index contributed by atoms with van der Waals surface area (Å²) in [5, 5.41) is 0. The van der Waals surface area contributed by atoms with Crippen molar-refractivity contribution < 1.29 is 9.47 Å². The fraction of sp³-hybridized carbons (Fsp3) is 0.429. The van der Waals surface area contributed by atoms with E-state index in [9.17, 15) is 0 Å². The minimum atomic E-state index is 0.559. The van der Waals surface area contributed by atoms with Crippen molar-refractivity contribution in [2.75, 3.05) is 6.61 Å². The lowest BCUT2D eigenvalue weighted by Crippen LogP contribution is -2.13. The Labute approximate surface area is 96.9 Å². The number of unbranched alkanes of at least 4 members (excludes halogenated alkanes) is 3. The van der Waals surface area contributed by atoms with Gasteiger partial charge >= 0.3 is 0 Å². The Morgan fingerprint density at radius 2 is 2.00 bits per heavy atom. The zero-order valence-electron chi connectivity index (χ0n) is 9.74. The number of allylic oxidation sites excluding steroid dienone is 1. The summed E-state index contributed by atoms with van der Waals surface area (Å²) in [5.74, 6) is 2.61. The molecule has 0 N–H and O–H groups in total. The predicted octanol–water partition coefficient (Wildman–Crippen LogP) is 3.92. The maximum absolute atomic E-state index is 5.75. The lowest BCUT2D eigenvalue weighted by molar-refractivity contribution is 0.231. The Bertz CT molecular complexity index is 369. The van der Waals surface area contributed by atoms with Gasteiger partial charge in [-0.2, -0.15) is 0 Å². The van der Waals surface area contributed by atoms with Gasteiger partial charge in [-0.3, -0.25) is 0 Å². The van der Waals surface area contributed by atoms with Crippen molar-refractivity contribution in [3.05, 3.63) is 36.1 Å². The molecule has 0 bridgehead atoms. The lowest BCUT2D eigenvalue weighted by Gasteiger charge is -2.20. The van der Waals surface area contributed by atoms with Gasteiger partial charge < -0.3 is 9.47 Å². The Morgan fingerprint density at radius 1 is 1.19 bits per heavy atom. The highest BCUT2D eigenvalue weighted by molar-refractivity contribution is 5.42. The van der Waals surface area contributed by atoms with Crippen molar-refractivity contribution in [1.82, 2.24) is 0 Å². The summed E-state index contributed by atoms with van der Waals surface area (Å²) in [7, 11) is 0. The van der Waals surface area contributed by atoms with Gasteiger partial charge in [0.05, 0.1) is 0 Å². The van der Waals surface area contributed by atoms with Crippen LogP contribution in [0.25, 0.3) is 0 Å². The number of ether oxygens (including phenoxy) is 2. The molecule has 0 aromatic heterocycles. The highest BCUT2D eigenvalue weighted by Gasteiger charge is 2.13. The van der Waals surface area contributed by atoms with E-state index in [4.69, 9.17) is 9.47 Å². The van der Waals surface area contributed by atoms with Crippen LogP contribution in [-0.2, 0) is 0 Å². The molecule has 0 fully saturated rings.